The molecule has 0 N–H and O–H groups in total. The van der Waals surface area contributed by atoms with Crippen LogP contribution in [0.5, 0.6) is 0 Å². The molecular formula is C50H33N. The highest BCUT2D eigenvalue weighted by Crippen LogP contribution is 2.41. The maximum atomic E-state index is 4.27. The van der Waals surface area contributed by atoms with Gasteiger partial charge in [0.25, 0.3) is 0 Å². The van der Waals surface area contributed by atoms with Crippen molar-refractivity contribution in [3.8, 4) is 44.5 Å². The van der Waals surface area contributed by atoms with Gasteiger partial charge in [-0.1, -0.05) is 146 Å². The van der Waals surface area contributed by atoms with Gasteiger partial charge in [0.2, 0.25) is 0 Å². The number of nitrogens with zero attached hydrogens (tertiary/aromatic N) is 1. The van der Waals surface area contributed by atoms with E-state index in [1.807, 2.05) is 18.5 Å². The van der Waals surface area contributed by atoms with E-state index in [9.17, 15) is 0 Å². The Labute approximate surface area is 297 Å². The summed E-state index contributed by atoms with van der Waals surface area (Å²) in [6.45, 7) is 2.23. The minimum Gasteiger partial charge on any atom is -0.264 e. The number of benzene rings is 9. The maximum Gasteiger partial charge on any atom is 0.0346 e. The van der Waals surface area contributed by atoms with Gasteiger partial charge >= 0.3 is 0 Å². The zero-order valence-corrected chi connectivity index (χ0v) is 28.3. The van der Waals surface area contributed by atoms with Crippen LogP contribution in [0.15, 0.2) is 182 Å². The van der Waals surface area contributed by atoms with E-state index in [1.165, 1.54) is 98.4 Å². The lowest BCUT2D eigenvalue weighted by molar-refractivity contribution is 1.33. The number of hydrogen-bond donors (Lipinski definition) is 0. The van der Waals surface area contributed by atoms with E-state index >= 15 is 0 Å². The van der Waals surface area contributed by atoms with Gasteiger partial charge in [-0.2, -0.15) is 0 Å². The summed E-state index contributed by atoms with van der Waals surface area (Å²) >= 11 is 0. The zero-order valence-electron chi connectivity index (χ0n) is 28.3. The molecule has 238 valence electrons. The molecule has 51 heavy (non-hydrogen) atoms. The molecule has 0 atom stereocenters. The number of pyridine rings is 1. The lowest BCUT2D eigenvalue weighted by atomic mass is 9.88. The first kappa shape index (κ1) is 29.4. The third kappa shape index (κ3) is 4.97. The molecular weight excluding hydrogens is 615 g/mol. The molecule has 1 heterocycles. The molecule has 0 amide bonds. The van der Waals surface area contributed by atoms with E-state index in [0.29, 0.717) is 0 Å². The van der Waals surface area contributed by atoms with Gasteiger partial charge in [-0.05, 0) is 135 Å². The van der Waals surface area contributed by atoms with E-state index in [4.69, 9.17) is 0 Å². The lowest BCUT2D eigenvalue weighted by Crippen LogP contribution is -1.89. The summed E-state index contributed by atoms with van der Waals surface area (Å²) in [5.41, 5.74) is 11.1. The Balaban J connectivity index is 1.05. The number of aromatic nitrogens is 1. The van der Waals surface area contributed by atoms with Crippen molar-refractivity contribution in [1.82, 2.24) is 4.98 Å². The first-order valence-corrected chi connectivity index (χ1v) is 17.6. The molecule has 0 spiro atoms. The Morgan fingerprint density at radius 1 is 0.333 bits per heavy atom. The van der Waals surface area contributed by atoms with Crippen LogP contribution in [-0.4, -0.2) is 4.98 Å². The molecule has 10 aromatic rings. The quantitative estimate of drug-likeness (QED) is 0.173. The zero-order chi connectivity index (χ0) is 33.9. The summed E-state index contributed by atoms with van der Waals surface area (Å²) in [4.78, 5) is 4.27. The Morgan fingerprint density at radius 2 is 0.824 bits per heavy atom. The highest BCUT2D eigenvalue weighted by molar-refractivity contribution is 6.21. The Morgan fingerprint density at radius 3 is 1.49 bits per heavy atom. The Kier molecular flexibility index (Phi) is 6.79. The summed E-state index contributed by atoms with van der Waals surface area (Å²) in [7, 11) is 0. The molecule has 10 rings (SSSR count). The average Bonchev–Trinajstić information content (AvgIpc) is 3.20. The summed E-state index contributed by atoms with van der Waals surface area (Å²) < 4.78 is 0. The van der Waals surface area contributed by atoms with E-state index in [0.717, 1.165) is 5.56 Å². The standard InChI is InChI=1S/C50H33N/c1-32-6-2-7-35-17-18-37-9-4-12-47(50(37)48(32)35)46-11-3-8-36-19-24-43-30-42(25-26-45(43)49(36)46)41-23-22-39-28-38(20-21-40(39)29-41)33-13-15-34(16-14-33)44-10-5-27-51-31-44/h2-31H,1H3. The molecule has 1 heteroatoms. The predicted molar refractivity (Wildman–Crippen MR) is 218 cm³/mol. The fourth-order valence-corrected chi connectivity index (χ4v) is 8.08. The van der Waals surface area contributed by atoms with Crippen molar-refractivity contribution in [3.63, 3.8) is 0 Å². The van der Waals surface area contributed by atoms with Crippen molar-refractivity contribution in [2.75, 3.05) is 0 Å². The summed E-state index contributed by atoms with van der Waals surface area (Å²) in [5, 5.41) is 12.8. The molecule has 0 bridgehead atoms. The van der Waals surface area contributed by atoms with E-state index < -0.39 is 0 Å². The molecule has 1 aromatic heterocycles. The van der Waals surface area contributed by atoms with Gasteiger partial charge in [-0.25, -0.2) is 0 Å². The third-order valence-electron chi connectivity index (χ3n) is 10.6. The minimum atomic E-state index is 1.13. The number of hydrogen-bond acceptors (Lipinski definition) is 1. The highest BCUT2D eigenvalue weighted by atomic mass is 14.6. The molecule has 0 radical (unpaired) electrons. The largest absolute Gasteiger partial charge is 0.264 e. The van der Waals surface area contributed by atoms with E-state index in [2.05, 4.69) is 176 Å². The molecule has 0 saturated heterocycles. The van der Waals surface area contributed by atoms with Gasteiger partial charge in [0.15, 0.2) is 0 Å². The first-order chi connectivity index (χ1) is 25.2. The Bertz CT molecular complexity index is 2960. The summed E-state index contributed by atoms with van der Waals surface area (Å²) in [5.74, 6) is 0. The molecule has 1 nitrogen and oxygen atoms in total. The topological polar surface area (TPSA) is 12.9 Å². The fraction of sp³-hybridized carbons (Fsp3) is 0.0200. The molecule has 0 fully saturated rings. The second-order valence-corrected chi connectivity index (χ2v) is 13.6. The van der Waals surface area contributed by atoms with Crippen LogP contribution < -0.4 is 0 Å². The second-order valence-electron chi connectivity index (χ2n) is 13.6. The van der Waals surface area contributed by atoms with Gasteiger partial charge < -0.3 is 0 Å². The molecule has 0 aliphatic heterocycles. The smallest absolute Gasteiger partial charge is 0.0346 e. The number of rotatable bonds is 4. The average molecular weight is 648 g/mol. The van der Waals surface area contributed by atoms with Gasteiger partial charge in [-0.15, -0.1) is 0 Å². The number of aryl methyl sites for hydroxylation is 1. The first-order valence-electron chi connectivity index (χ1n) is 17.6. The van der Waals surface area contributed by atoms with Crippen LogP contribution in [0.4, 0.5) is 0 Å². The van der Waals surface area contributed by atoms with Crippen molar-refractivity contribution in [1.29, 1.82) is 0 Å². The van der Waals surface area contributed by atoms with Crippen LogP contribution in [-0.2, 0) is 0 Å². The van der Waals surface area contributed by atoms with Gasteiger partial charge in [0, 0.05) is 12.4 Å². The van der Waals surface area contributed by atoms with Gasteiger partial charge in [0.1, 0.15) is 0 Å². The summed E-state index contributed by atoms with van der Waals surface area (Å²) in [6, 6.07) is 62.6. The van der Waals surface area contributed by atoms with Crippen molar-refractivity contribution < 1.29 is 0 Å². The summed E-state index contributed by atoms with van der Waals surface area (Å²) in [6.07, 6.45) is 3.72. The van der Waals surface area contributed by atoms with Crippen LogP contribution in [0.2, 0.25) is 0 Å². The lowest BCUT2D eigenvalue weighted by Gasteiger charge is -2.16. The number of fused-ring (bicyclic) bond motifs is 7. The van der Waals surface area contributed by atoms with Crippen LogP contribution in [0.1, 0.15) is 5.56 Å². The van der Waals surface area contributed by atoms with Crippen molar-refractivity contribution >= 4 is 53.9 Å². The molecule has 9 aromatic carbocycles. The van der Waals surface area contributed by atoms with Gasteiger partial charge in [-0.3, -0.25) is 4.98 Å². The van der Waals surface area contributed by atoms with E-state index in [1.54, 1.807) is 0 Å². The molecule has 0 unspecified atom stereocenters. The normalized spacial score (nSPS) is 11.6. The monoisotopic (exact) mass is 647 g/mol. The second kappa shape index (κ2) is 11.8. The van der Waals surface area contributed by atoms with Crippen molar-refractivity contribution in [2.24, 2.45) is 0 Å². The predicted octanol–water partition coefficient (Wildman–Crippen LogP) is 13.8. The van der Waals surface area contributed by atoms with Crippen LogP contribution in [0.3, 0.4) is 0 Å². The van der Waals surface area contributed by atoms with Crippen LogP contribution in [0.25, 0.3) is 98.4 Å². The van der Waals surface area contributed by atoms with Crippen molar-refractivity contribution in [2.45, 2.75) is 6.92 Å². The van der Waals surface area contributed by atoms with Crippen LogP contribution >= 0.6 is 0 Å². The van der Waals surface area contributed by atoms with Crippen molar-refractivity contribution in [3.05, 3.63) is 188 Å². The van der Waals surface area contributed by atoms with E-state index in [-0.39, 0.29) is 0 Å². The third-order valence-corrected chi connectivity index (χ3v) is 10.6. The van der Waals surface area contributed by atoms with Gasteiger partial charge in [0.05, 0.1) is 0 Å². The molecule has 0 aliphatic carbocycles. The van der Waals surface area contributed by atoms with Crippen LogP contribution in [0, 0.1) is 6.92 Å². The fourth-order valence-electron chi connectivity index (χ4n) is 8.08. The SMILES string of the molecule is Cc1cccc2ccc3cccc(-c4cccc5ccc6cc(-c7ccc8cc(-c9ccc(-c%10cccnc%10)cc9)ccc8c7)ccc6c45)c3c12. The molecule has 0 aliphatic rings. The highest BCUT2D eigenvalue weighted by Gasteiger charge is 2.14. The maximum absolute atomic E-state index is 4.27. The minimum absolute atomic E-state index is 1.13. The molecule has 0 saturated carbocycles. The Hall–Kier alpha value is -6.57.